The molecule has 4 rings (SSSR count). The Hall–Kier alpha value is -3.77. The van der Waals surface area contributed by atoms with Crippen molar-refractivity contribution in [2.75, 3.05) is 38.7 Å². The van der Waals surface area contributed by atoms with Crippen LogP contribution in [-0.2, 0) is 14.8 Å². The number of aliphatic hydroxyl groups is 1. The van der Waals surface area contributed by atoms with Gasteiger partial charge in [-0.1, -0.05) is 43.3 Å². The number of hydrogen-bond donors (Lipinski definition) is 2. The van der Waals surface area contributed by atoms with Crippen molar-refractivity contribution in [1.29, 1.82) is 0 Å². The molecule has 248 valence electrons. The van der Waals surface area contributed by atoms with Crippen LogP contribution in [0.1, 0.15) is 60.7 Å². The number of carbonyl (C=O) groups excluding carboxylic acids is 2. The second-order valence-electron chi connectivity index (χ2n) is 11.9. The lowest BCUT2D eigenvalue weighted by molar-refractivity contribution is -0.00834. The molecule has 3 aromatic rings. The van der Waals surface area contributed by atoms with Crippen molar-refractivity contribution < 1.29 is 32.6 Å². The molecule has 0 saturated carbocycles. The predicted octanol–water partition coefficient (Wildman–Crippen LogP) is 5.06. The number of fused-ring (bicyclic) bond motifs is 1. The van der Waals surface area contributed by atoms with Crippen LogP contribution in [0, 0.1) is 5.92 Å². The summed E-state index contributed by atoms with van der Waals surface area (Å²) in [5.41, 5.74) is 1.16. The van der Waals surface area contributed by atoms with Crippen molar-refractivity contribution in [1.82, 2.24) is 9.21 Å². The quantitative estimate of drug-likeness (QED) is 0.349. The average molecular weight is 652 g/mol. The molecule has 0 aliphatic carbocycles. The van der Waals surface area contributed by atoms with Crippen molar-refractivity contribution in [3.8, 4) is 5.75 Å². The van der Waals surface area contributed by atoms with Gasteiger partial charge in [0.25, 0.3) is 11.8 Å². The topological polar surface area (TPSA) is 125 Å². The van der Waals surface area contributed by atoms with E-state index >= 15 is 0 Å². The molecule has 0 fully saturated rings. The van der Waals surface area contributed by atoms with Gasteiger partial charge in [0, 0.05) is 43.9 Å². The first-order valence-electron chi connectivity index (χ1n) is 15.7. The minimum absolute atomic E-state index is 0.0830. The summed E-state index contributed by atoms with van der Waals surface area (Å²) in [5.74, 6) is -0.616. The molecule has 0 unspecified atom stereocenters. The molecule has 0 saturated heterocycles. The van der Waals surface area contributed by atoms with E-state index in [2.05, 4.69) is 5.32 Å². The Morgan fingerprint density at radius 1 is 1.04 bits per heavy atom. The van der Waals surface area contributed by atoms with Gasteiger partial charge in [-0.3, -0.25) is 9.59 Å². The predicted molar refractivity (Wildman–Crippen MR) is 178 cm³/mol. The van der Waals surface area contributed by atoms with Crippen LogP contribution in [0.25, 0.3) is 0 Å². The molecular weight excluding hydrogens is 606 g/mol. The van der Waals surface area contributed by atoms with Crippen molar-refractivity contribution in [3.63, 3.8) is 0 Å². The second-order valence-corrected chi connectivity index (χ2v) is 14.0. The van der Waals surface area contributed by atoms with Gasteiger partial charge < -0.3 is 24.8 Å². The van der Waals surface area contributed by atoms with Crippen LogP contribution in [0.2, 0.25) is 0 Å². The van der Waals surface area contributed by atoms with Crippen LogP contribution >= 0.6 is 0 Å². The lowest BCUT2D eigenvalue weighted by atomic mass is 10.0. The number of hydrogen-bond acceptors (Lipinski definition) is 7. The number of sulfonamides is 1. The number of aliphatic hydroxyl groups excluding tert-OH is 1. The Balaban J connectivity index is 1.65. The summed E-state index contributed by atoms with van der Waals surface area (Å²) in [6, 6.07) is 21.5. The lowest BCUT2D eigenvalue weighted by Crippen LogP contribution is -2.48. The maximum atomic E-state index is 14.3. The zero-order valence-electron chi connectivity index (χ0n) is 27.0. The summed E-state index contributed by atoms with van der Waals surface area (Å²) in [5, 5.41) is 13.1. The Morgan fingerprint density at radius 2 is 1.72 bits per heavy atom. The number of amides is 2. The minimum atomic E-state index is -3.77. The smallest absolute Gasteiger partial charge is 0.258 e. The minimum Gasteiger partial charge on any atom is -0.490 e. The molecule has 0 bridgehead atoms. The number of carbonyl (C=O) groups is 2. The summed E-state index contributed by atoms with van der Waals surface area (Å²) in [7, 11) is -2.24. The molecule has 2 amide bonds. The second kappa shape index (κ2) is 16.2. The maximum Gasteiger partial charge on any atom is 0.258 e. The van der Waals surface area contributed by atoms with E-state index in [9.17, 15) is 23.1 Å². The summed E-state index contributed by atoms with van der Waals surface area (Å²) in [4.78, 5) is 29.0. The molecular formula is C35H45N3O7S. The lowest BCUT2D eigenvalue weighted by Gasteiger charge is -2.35. The third kappa shape index (κ3) is 8.94. The fourth-order valence-electron chi connectivity index (χ4n) is 5.38. The van der Waals surface area contributed by atoms with Gasteiger partial charge in [0.1, 0.15) is 5.75 Å². The summed E-state index contributed by atoms with van der Waals surface area (Å²) >= 11 is 0. The van der Waals surface area contributed by atoms with E-state index in [4.69, 9.17) is 9.47 Å². The molecule has 10 nitrogen and oxygen atoms in total. The highest BCUT2D eigenvalue weighted by Gasteiger charge is 2.32. The molecule has 11 heteroatoms. The average Bonchev–Trinajstić information content (AvgIpc) is 3.06. The van der Waals surface area contributed by atoms with Gasteiger partial charge in [-0.15, -0.1) is 0 Å². The molecule has 1 heterocycles. The summed E-state index contributed by atoms with van der Waals surface area (Å²) < 4.78 is 40.6. The van der Waals surface area contributed by atoms with Crippen molar-refractivity contribution in [2.45, 2.75) is 63.2 Å². The zero-order valence-corrected chi connectivity index (χ0v) is 27.8. The first-order valence-corrected chi connectivity index (χ1v) is 17.2. The molecule has 0 aromatic heterocycles. The Labute approximate surface area is 272 Å². The SMILES string of the molecule is C[C@H](CO)N1C[C@H](C)[C@H](CN(C)S(=O)(=O)c2ccccc2)OCCCC[C@H](C)Oc2ccc(NC(=O)c3ccccc3)cc2C1=O. The molecule has 3 aromatic carbocycles. The highest BCUT2D eigenvalue weighted by Crippen LogP contribution is 2.29. The van der Waals surface area contributed by atoms with E-state index in [0.29, 0.717) is 30.0 Å². The highest BCUT2D eigenvalue weighted by atomic mass is 32.2. The van der Waals surface area contributed by atoms with Gasteiger partial charge in [0.2, 0.25) is 10.0 Å². The molecule has 1 aliphatic heterocycles. The number of nitrogens with one attached hydrogen (secondary N) is 1. The molecule has 46 heavy (non-hydrogen) atoms. The van der Waals surface area contributed by atoms with Crippen LogP contribution in [-0.4, -0.2) is 86.1 Å². The van der Waals surface area contributed by atoms with Gasteiger partial charge in [-0.2, -0.15) is 4.31 Å². The Bertz CT molecular complexity index is 1550. The van der Waals surface area contributed by atoms with Crippen LogP contribution in [0.4, 0.5) is 5.69 Å². The monoisotopic (exact) mass is 651 g/mol. The number of likely N-dealkylation sites (N-methyl/N-ethyl adjacent to an activating group) is 1. The van der Waals surface area contributed by atoms with Crippen LogP contribution in [0.5, 0.6) is 5.75 Å². The van der Waals surface area contributed by atoms with Gasteiger partial charge in [0.15, 0.2) is 0 Å². The fourth-order valence-corrected chi connectivity index (χ4v) is 6.58. The number of rotatable bonds is 8. The van der Waals surface area contributed by atoms with Gasteiger partial charge in [-0.05, 0) is 75.6 Å². The Kier molecular flexibility index (Phi) is 12.3. The van der Waals surface area contributed by atoms with Crippen LogP contribution in [0.15, 0.2) is 83.8 Å². The van der Waals surface area contributed by atoms with Crippen LogP contribution < -0.4 is 10.1 Å². The number of ether oxygens (including phenoxy) is 2. The number of benzene rings is 3. The first kappa shape index (κ1) is 35.1. The van der Waals surface area contributed by atoms with Crippen molar-refractivity contribution in [3.05, 3.63) is 90.0 Å². The summed E-state index contributed by atoms with van der Waals surface area (Å²) in [6.07, 6.45) is 1.53. The molecule has 2 N–H and O–H groups in total. The Morgan fingerprint density at radius 3 is 2.39 bits per heavy atom. The van der Waals surface area contributed by atoms with E-state index in [1.54, 1.807) is 84.6 Å². The standard InChI is InChI=1S/C35H45N3O7S/c1-25-22-38(26(2)24-39)35(41)31-21-29(36-34(40)28-14-7-5-8-15-28)18-19-32(31)45-27(3)13-11-12-20-44-33(25)23-37(4)46(42,43)30-16-9-6-10-17-30/h5-10,14-19,21,25-27,33,39H,11-13,20,22-24H2,1-4H3,(H,36,40)/t25-,26+,27-,33-/m0/s1. The molecule has 0 spiro atoms. The number of nitrogens with zero attached hydrogens (tertiary/aromatic N) is 2. The maximum absolute atomic E-state index is 14.3. The van der Waals surface area contributed by atoms with E-state index in [0.717, 1.165) is 12.8 Å². The molecule has 4 atom stereocenters. The van der Waals surface area contributed by atoms with Crippen molar-refractivity contribution >= 4 is 27.5 Å². The van der Waals surface area contributed by atoms with E-state index in [1.807, 2.05) is 19.9 Å². The normalized spacial score (nSPS) is 20.7. The number of anilines is 1. The first-order chi connectivity index (χ1) is 22.0. The van der Waals surface area contributed by atoms with E-state index in [1.165, 1.54) is 11.4 Å². The molecule has 1 aliphatic rings. The van der Waals surface area contributed by atoms with Gasteiger partial charge in [0.05, 0.1) is 35.3 Å². The van der Waals surface area contributed by atoms with E-state index in [-0.39, 0.29) is 54.0 Å². The highest BCUT2D eigenvalue weighted by molar-refractivity contribution is 7.89. The molecule has 0 radical (unpaired) electrons. The third-order valence-electron chi connectivity index (χ3n) is 8.23. The van der Waals surface area contributed by atoms with E-state index < -0.39 is 22.2 Å². The van der Waals surface area contributed by atoms with Gasteiger partial charge in [-0.25, -0.2) is 8.42 Å². The zero-order chi connectivity index (χ0) is 33.3. The van der Waals surface area contributed by atoms with Crippen molar-refractivity contribution in [2.24, 2.45) is 5.92 Å². The van der Waals surface area contributed by atoms with Crippen LogP contribution in [0.3, 0.4) is 0 Å². The largest absolute Gasteiger partial charge is 0.490 e. The third-order valence-corrected chi connectivity index (χ3v) is 10.1. The summed E-state index contributed by atoms with van der Waals surface area (Å²) in [6.45, 7) is 6.00. The van der Waals surface area contributed by atoms with Gasteiger partial charge >= 0.3 is 0 Å². The fraction of sp³-hybridized carbons (Fsp3) is 0.429.